The van der Waals surface area contributed by atoms with E-state index in [9.17, 15) is 4.79 Å². The first-order chi connectivity index (χ1) is 14.1. The van der Waals surface area contributed by atoms with Gasteiger partial charge in [-0.25, -0.2) is 4.98 Å². The van der Waals surface area contributed by atoms with Crippen LogP contribution >= 0.6 is 11.3 Å². The van der Waals surface area contributed by atoms with E-state index >= 15 is 0 Å². The Bertz CT molecular complexity index is 1020. The van der Waals surface area contributed by atoms with Crippen molar-refractivity contribution in [1.82, 2.24) is 9.88 Å². The minimum absolute atomic E-state index is 0.0871. The normalized spacial score (nSPS) is 10.2. The van der Waals surface area contributed by atoms with Crippen LogP contribution in [0.15, 0.2) is 66.6 Å². The number of carbonyl (C=O) groups excluding carboxylic acids is 1. The van der Waals surface area contributed by atoms with Crippen molar-refractivity contribution in [3.05, 3.63) is 94.0 Å². The molecule has 1 heterocycles. The Morgan fingerprint density at radius 3 is 2.55 bits per heavy atom. The molecule has 0 fully saturated rings. The van der Waals surface area contributed by atoms with Crippen LogP contribution in [0.4, 0.5) is 0 Å². The van der Waals surface area contributed by atoms with Crippen molar-refractivity contribution in [1.29, 1.82) is 5.26 Å². The Balaban J connectivity index is 1.65. The molecule has 0 radical (unpaired) electrons. The fraction of sp³-hybridized carbons (Fsp3) is 0.174. The van der Waals surface area contributed by atoms with Crippen LogP contribution in [0.25, 0.3) is 0 Å². The van der Waals surface area contributed by atoms with Gasteiger partial charge in [0.25, 0.3) is 5.91 Å². The first-order valence-corrected chi connectivity index (χ1v) is 10.00. The second kappa shape index (κ2) is 9.67. The fourth-order valence-electron chi connectivity index (χ4n) is 2.79. The summed E-state index contributed by atoms with van der Waals surface area (Å²) in [5.41, 5.74) is 3.03. The van der Waals surface area contributed by atoms with E-state index in [1.807, 2.05) is 24.4 Å². The Morgan fingerprint density at radius 2 is 1.97 bits per heavy atom. The number of amides is 1. The fourth-order valence-corrected chi connectivity index (χ4v) is 3.39. The summed E-state index contributed by atoms with van der Waals surface area (Å²) in [7, 11) is 0. The van der Waals surface area contributed by atoms with Gasteiger partial charge in [-0.3, -0.25) is 4.79 Å². The van der Waals surface area contributed by atoms with Crippen LogP contribution in [0.2, 0.25) is 0 Å². The number of aromatic nitrogens is 1. The average Bonchev–Trinajstić information content (AvgIpc) is 3.17. The predicted molar refractivity (Wildman–Crippen MR) is 114 cm³/mol. The van der Waals surface area contributed by atoms with Gasteiger partial charge in [0.1, 0.15) is 12.4 Å². The summed E-state index contributed by atoms with van der Waals surface area (Å²) in [4.78, 5) is 19.0. The standard InChI is InChI=1S/C23H21N3O2S/c1-3-12-26(14-19-6-4-18(13-24)5-7-19)23(27)20-8-10-22(11-9-20)28-15-21-16-29-17(2)25-21/h3-11,16H,1,12,14-15H2,2H3. The number of rotatable bonds is 8. The van der Waals surface area contributed by atoms with Crippen molar-refractivity contribution in [3.8, 4) is 11.8 Å². The Hall–Kier alpha value is -3.43. The summed E-state index contributed by atoms with van der Waals surface area (Å²) < 4.78 is 5.74. The molecular formula is C23H21N3O2S. The number of hydrogen-bond acceptors (Lipinski definition) is 5. The zero-order valence-electron chi connectivity index (χ0n) is 16.2. The Kier molecular flexibility index (Phi) is 6.77. The number of nitriles is 1. The minimum atomic E-state index is -0.0871. The zero-order chi connectivity index (χ0) is 20.6. The van der Waals surface area contributed by atoms with Gasteiger partial charge in [0.05, 0.1) is 22.3 Å². The van der Waals surface area contributed by atoms with Crippen LogP contribution in [0, 0.1) is 18.3 Å². The molecular weight excluding hydrogens is 382 g/mol. The molecule has 0 aliphatic rings. The third-order valence-electron chi connectivity index (χ3n) is 4.25. The maximum absolute atomic E-state index is 12.9. The number of ether oxygens (including phenoxy) is 1. The monoisotopic (exact) mass is 403 g/mol. The van der Waals surface area contributed by atoms with Gasteiger partial charge >= 0.3 is 0 Å². The molecule has 1 amide bonds. The molecule has 0 saturated carbocycles. The van der Waals surface area contributed by atoms with E-state index in [4.69, 9.17) is 10.00 Å². The van der Waals surface area contributed by atoms with Gasteiger partial charge in [0, 0.05) is 24.0 Å². The van der Waals surface area contributed by atoms with E-state index in [0.29, 0.717) is 36.6 Å². The maximum atomic E-state index is 12.9. The number of aryl methyl sites for hydroxylation is 1. The highest BCUT2D eigenvalue weighted by molar-refractivity contribution is 7.09. The number of hydrogen-bond donors (Lipinski definition) is 0. The molecule has 0 aliphatic carbocycles. The second-order valence-electron chi connectivity index (χ2n) is 6.45. The quantitative estimate of drug-likeness (QED) is 0.510. The number of nitrogens with zero attached hydrogens (tertiary/aromatic N) is 3. The number of benzene rings is 2. The molecule has 5 nitrogen and oxygen atoms in total. The Morgan fingerprint density at radius 1 is 1.24 bits per heavy atom. The molecule has 0 N–H and O–H groups in total. The highest BCUT2D eigenvalue weighted by atomic mass is 32.1. The van der Waals surface area contributed by atoms with Crippen molar-refractivity contribution in [2.45, 2.75) is 20.1 Å². The number of carbonyl (C=O) groups is 1. The lowest BCUT2D eigenvalue weighted by Gasteiger charge is -2.21. The minimum Gasteiger partial charge on any atom is -0.487 e. The van der Waals surface area contributed by atoms with Gasteiger partial charge in [-0.1, -0.05) is 18.2 Å². The van der Waals surface area contributed by atoms with Crippen LogP contribution < -0.4 is 4.74 Å². The van der Waals surface area contributed by atoms with E-state index in [-0.39, 0.29) is 5.91 Å². The molecule has 1 aromatic heterocycles. The predicted octanol–water partition coefficient (Wildman–Crippen LogP) is 4.73. The molecule has 0 spiro atoms. The van der Waals surface area contributed by atoms with E-state index in [1.165, 1.54) is 0 Å². The molecule has 0 unspecified atom stereocenters. The van der Waals surface area contributed by atoms with Gasteiger partial charge in [-0.2, -0.15) is 5.26 Å². The van der Waals surface area contributed by atoms with Crippen molar-refractivity contribution in [2.24, 2.45) is 0 Å². The van der Waals surface area contributed by atoms with Crippen LogP contribution in [0.3, 0.4) is 0 Å². The van der Waals surface area contributed by atoms with Crippen LogP contribution in [-0.2, 0) is 13.2 Å². The topological polar surface area (TPSA) is 66.2 Å². The molecule has 3 rings (SSSR count). The van der Waals surface area contributed by atoms with Crippen LogP contribution in [0.5, 0.6) is 5.75 Å². The van der Waals surface area contributed by atoms with Gasteiger partial charge in [0.2, 0.25) is 0 Å². The molecule has 146 valence electrons. The summed E-state index contributed by atoms with van der Waals surface area (Å²) >= 11 is 1.59. The van der Waals surface area contributed by atoms with E-state index in [2.05, 4.69) is 17.6 Å². The van der Waals surface area contributed by atoms with Crippen molar-refractivity contribution in [2.75, 3.05) is 6.54 Å². The van der Waals surface area contributed by atoms with Gasteiger partial charge in [0.15, 0.2) is 0 Å². The first kappa shape index (κ1) is 20.3. The molecule has 0 aliphatic heterocycles. The summed E-state index contributed by atoms with van der Waals surface area (Å²) in [6.07, 6.45) is 1.70. The molecule has 0 atom stereocenters. The molecule has 6 heteroatoms. The second-order valence-corrected chi connectivity index (χ2v) is 7.52. The van der Waals surface area contributed by atoms with E-state index in [0.717, 1.165) is 16.3 Å². The van der Waals surface area contributed by atoms with Crippen molar-refractivity contribution < 1.29 is 9.53 Å². The molecule has 0 bridgehead atoms. The SMILES string of the molecule is C=CCN(Cc1ccc(C#N)cc1)C(=O)c1ccc(OCc2csc(C)n2)cc1. The Labute approximate surface area is 174 Å². The first-order valence-electron chi connectivity index (χ1n) is 9.12. The third kappa shape index (κ3) is 5.53. The third-order valence-corrected chi connectivity index (χ3v) is 5.07. The summed E-state index contributed by atoms with van der Waals surface area (Å²) in [6, 6.07) is 16.4. The molecule has 3 aromatic rings. The zero-order valence-corrected chi connectivity index (χ0v) is 17.0. The van der Waals surface area contributed by atoms with Gasteiger partial charge in [-0.05, 0) is 48.9 Å². The lowest BCUT2D eigenvalue weighted by molar-refractivity contribution is 0.0762. The van der Waals surface area contributed by atoms with Crippen molar-refractivity contribution >= 4 is 17.2 Å². The molecule has 2 aromatic carbocycles. The molecule has 29 heavy (non-hydrogen) atoms. The molecule has 0 saturated heterocycles. The van der Waals surface area contributed by atoms with Crippen molar-refractivity contribution in [3.63, 3.8) is 0 Å². The average molecular weight is 404 g/mol. The maximum Gasteiger partial charge on any atom is 0.254 e. The summed E-state index contributed by atoms with van der Waals surface area (Å²) in [5, 5.41) is 11.9. The smallest absolute Gasteiger partial charge is 0.254 e. The van der Waals surface area contributed by atoms with E-state index in [1.54, 1.807) is 58.7 Å². The number of thiazole rings is 1. The summed E-state index contributed by atoms with van der Waals surface area (Å²) in [6.45, 7) is 6.99. The lowest BCUT2D eigenvalue weighted by Crippen LogP contribution is -2.30. The highest BCUT2D eigenvalue weighted by Crippen LogP contribution is 2.17. The van der Waals surface area contributed by atoms with Gasteiger partial charge in [-0.15, -0.1) is 17.9 Å². The van der Waals surface area contributed by atoms with Crippen LogP contribution in [0.1, 0.15) is 32.2 Å². The lowest BCUT2D eigenvalue weighted by atomic mass is 10.1. The van der Waals surface area contributed by atoms with Gasteiger partial charge < -0.3 is 9.64 Å². The van der Waals surface area contributed by atoms with E-state index < -0.39 is 0 Å². The summed E-state index contributed by atoms with van der Waals surface area (Å²) in [5.74, 6) is 0.602. The largest absolute Gasteiger partial charge is 0.487 e. The highest BCUT2D eigenvalue weighted by Gasteiger charge is 2.15. The van der Waals surface area contributed by atoms with Crippen LogP contribution in [-0.4, -0.2) is 22.3 Å².